The van der Waals surface area contributed by atoms with Crippen LogP contribution in [0.1, 0.15) is 0 Å². The number of rotatable bonds is 3. The molecule has 1 aromatic heterocycles. The largest absolute Gasteiger partial charge is 0.497 e. The van der Waals surface area contributed by atoms with Crippen LogP contribution in [0.3, 0.4) is 0 Å². The smallest absolute Gasteiger partial charge is 0.138 e. The van der Waals surface area contributed by atoms with Crippen molar-refractivity contribution >= 4 is 28.0 Å². The topological polar surface area (TPSA) is 60.2 Å². The Morgan fingerprint density at radius 3 is 2.55 bits per heavy atom. The summed E-state index contributed by atoms with van der Waals surface area (Å²) in [4.78, 5) is 4.39. The molecule has 0 saturated heterocycles. The van der Waals surface area contributed by atoms with Gasteiger partial charge in [-0.1, -0.05) is 12.1 Å². The molecule has 0 aliphatic heterocycles. The van der Waals surface area contributed by atoms with Crippen molar-refractivity contribution in [3.05, 3.63) is 54.7 Å². The first kappa shape index (κ1) is 12.3. The number of nitrogens with two attached hydrogens (primary N) is 1. The van der Waals surface area contributed by atoms with Gasteiger partial charge < -0.3 is 15.8 Å². The second-order valence-corrected chi connectivity index (χ2v) is 4.46. The van der Waals surface area contributed by atoms with Crippen LogP contribution in [0, 0.1) is 0 Å². The fraction of sp³-hybridized carbons (Fsp3) is 0.0625. The number of fused-ring (bicyclic) bond motifs is 1. The van der Waals surface area contributed by atoms with Crippen LogP contribution in [0.15, 0.2) is 54.7 Å². The van der Waals surface area contributed by atoms with E-state index in [1.165, 1.54) is 0 Å². The molecule has 4 heteroatoms. The lowest BCUT2D eigenvalue weighted by molar-refractivity contribution is 0.415. The van der Waals surface area contributed by atoms with E-state index in [0.29, 0.717) is 0 Å². The maximum Gasteiger partial charge on any atom is 0.138 e. The predicted octanol–water partition coefficient (Wildman–Crippen LogP) is 3.57. The van der Waals surface area contributed by atoms with E-state index < -0.39 is 0 Å². The predicted molar refractivity (Wildman–Crippen MR) is 82.4 cm³/mol. The van der Waals surface area contributed by atoms with E-state index in [1.807, 2.05) is 48.5 Å². The SMILES string of the molecule is COc1ccc(Nc2nccc3c(N)cccc23)cc1. The third kappa shape index (κ3) is 2.23. The number of anilines is 3. The minimum Gasteiger partial charge on any atom is -0.497 e. The molecule has 3 aromatic rings. The van der Waals surface area contributed by atoms with Crippen LogP contribution in [-0.4, -0.2) is 12.1 Å². The number of benzene rings is 2. The number of nitrogens with zero attached hydrogens (tertiary/aromatic N) is 1. The summed E-state index contributed by atoms with van der Waals surface area (Å²) in [5.41, 5.74) is 7.69. The third-order valence-electron chi connectivity index (χ3n) is 3.19. The van der Waals surface area contributed by atoms with Gasteiger partial charge in [0.05, 0.1) is 7.11 Å². The number of ether oxygens (including phenoxy) is 1. The normalized spacial score (nSPS) is 10.4. The molecule has 3 N–H and O–H groups in total. The Labute approximate surface area is 117 Å². The van der Waals surface area contributed by atoms with Gasteiger partial charge in [-0.25, -0.2) is 4.98 Å². The lowest BCUT2D eigenvalue weighted by Gasteiger charge is -2.10. The number of nitrogens with one attached hydrogen (secondary N) is 1. The van der Waals surface area contributed by atoms with Crippen molar-refractivity contribution in [3.63, 3.8) is 0 Å². The maximum atomic E-state index is 5.98. The second-order valence-electron chi connectivity index (χ2n) is 4.46. The summed E-state index contributed by atoms with van der Waals surface area (Å²) >= 11 is 0. The molecule has 4 nitrogen and oxygen atoms in total. The molecule has 100 valence electrons. The van der Waals surface area contributed by atoms with E-state index >= 15 is 0 Å². The number of nitrogen functional groups attached to an aromatic ring is 1. The molecule has 0 aliphatic rings. The van der Waals surface area contributed by atoms with E-state index in [9.17, 15) is 0 Å². The van der Waals surface area contributed by atoms with E-state index in [-0.39, 0.29) is 0 Å². The van der Waals surface area contributed by atoms with Crippen LogP contribution in [0.2, 0.25) is 0 Å². The van der Waals surface area contributed by atoms with Crippen molar-refractivity contribution < 1.29 is 4.74 Å². The molecular formula is C16H15N3O. The summed E-state index contributed by atoms with van der Waals surface area (Å²) in [7, 11) is 1.65. The first-order chi connectivity index (χ1) is 9.78. The van der Waals surface area contributed by atoms with Gasteiger partial charge in [-0.3, -0.25) is 0 Å². The average molecular weight is 265 g/mol. The van der Waals surface area contributed by atoms with E-state index in [4.69, 9.17) is 10.5 Å². The minimum atomic E-state index is 0.752. The van der Waals surface area contributed by atoms with Crippen molar-refractivity contribution in [1.82, 2.24) is 4.98 Å². The first-order valence-corrected chi connectivity index (χ1v) is 6.32. The van der Waals surface area contributed by atoms with Gasteiger partial charge >= 0.3 is 0 Å². The summed E-state index contributed by atoms with van der Waals surface area (Å²) in [5, 5.41) is 5.30. The molecule has 3 rings (SSSR count). The molecule has 0 saturated carbocycles. The zero-order chi connectivity index (χ0) is 13.9. The van der Waals surface area contributed by atoms with E-state index in [0.717, 1.165) is 33.7 Å². The van der Waals surface area contributed by atoms with Crippen molar-refractivity contribution in [3.8, 4) is 5.75 Å². The molecule has 0 amide bonds. The number of pyridine rings is 1. The Hall–Kier alpha value is -2.75. The Morgan fingerprint density at radius 1 is 1.00 bits per heavy atom. The standard InChI is InChI=1S/C16H15N3O/c1-20-12-7-5-11(6-8-12)19-16-14-3-2-4-15(17)13(14)9-10-18-16/h2-10H,17H2,1H3,(H,18,19). The lowest BCUT2D eigenvalue weighted by atomic mass is 10.1. The Bertz CT molecular complexity index is 738. The van der Waals surface area contributed by atoms with Crippen molar-refractivity contribution in [1.29, 1.82) is 0 Å². The van der Waals surface area contributed by atoms with Crippen LogP contribution in [0.4, 0.5) is 17.2 Å². The summed E-state index contributed by atoms with van der Waals surface area (Å²) in [6.45, 7) is 0. The molecule has 0 unspecified atom stereocenters. The molecule has 0 bridgehead atoms. The first-order valence-electron chi connectivity index (χ1n) is 6.32. The summed E-state index contributed by atoms with van der Waals surface area (Å²) in [5.74, 6) is 1.62. The molecule has 0 fully saturated rings. The van der Waals surface area contributed by atoms with Gasteiger partial charge in [-0.2, -0.15) is 0 Å². The van der Waals surface area contributed by atoms with Gasteiger partial charge in [0.2, 0.25) is 0 Å². The summed E-state index contributed by atoms with van der Waals surface area (Å²) in [6, 6.07) is 15.5. The van der Waals surface area contributed by atoms with Crippen LogP contribution < -0.4 is 15.8 Å². The molecule has 1 heterocycles. The Morgan fingerprint density at radius 2 is 1.80 bits per heavy atom. The third-order valence-corrected chi connectivity index (χ3v) is 3.19. The number of hydrogen-bond donors (Lipinski definition) is 2. The van der Waals surface area contributed by atoms with Crippen LogP contribution in [0.25, 0.3) is 10.8 Å². The van der Waals surface area contributed by atoms with Gasteiger partial charge in [0.25, 0.3) is 0 Å². The van der Waals surface area contributed by atoms with Crippen LogP contribution in [-0.2, 0) is 0 Å². The zero-order valence-corrected chi connectivity index (χ0v) is 11.1. The van der Waals surface area contributed by atoms with E-state index in [1.54, 1.807) is 13.3 Å². The van der Waals surface area contributed by atoms with Gasteiger partial charge in [0.1, 0.15) is 11.6 Å². The Kier molecular flexibility index (Phi) is 3.13. The minimum absolute atomic E-state index is 0.752. The van der Waals surface area contributed by atoms with Gasteiger partial charge in [0.15, 0.2) is 0 Å². The number of aromatic nitrogens is 1. The molecule has 0 atom stereocenters. The highest BCUT2D eigenvalue weighted by Gasteiger charge is 2.04. The Balaban J connectivity index is 1.99. The quantitative estimate of drug-likeness (QED) is 0.711. The zero-order valence-electron chi connectivity index (χ0n) is 11.1. The van der Waals surface area contributed by atoms with Crippen molar-refractivity contribution in [2.75, 3.05) is 18.2 Å². The molecule has 2 aromatic carbocycles. The highest BCUT2D eigenvalue weighted by molar-refractivity contribution is 5.99. The molecular weight excluding hydrogens is 250 g/mol. The van der Waals surface area contributed by atoms with Crippen molar-refractivity contribution in [2.24, 2.45) is 0 Å². The fourth-order valence-electron chi connectivity index (χ4n) is 2.14. The highest BCUT2D eigenvalue weighted by Crippen LogP contribution is 2.28. The number of hydrogen-bond acceptors (Lipinski definition) is 4. The number of methoxy groups -OCH3 is 1. The average Bonchev–Trinajstić information content (AvgIpc) is 2.49. The van der Waals surface area contributed by atoms with Gasteiger partial charge in [-0.15, -0.1) is 0 Å². The summed E-state index contributed by atoms with van der Waals surface area (Å²) in [6.07, 6.45) is 1.75. The van der Waals surface area contributed by atoms with Gasteiger partial charge in [0, 0.05) is 28.3 Å². The molecule has 20 heavy (non-hydrogen) atoms. The second kappa shape index (κ2) is 5.09. The summed E-state index contributed by atoms with van der Waals surface area (Å²) < 4.78 is 5.15. The van der Waals surface area contributed by atoms with Gasteiger partial charge in [-0.05, 0) is 36.4 Å². The monoisotopic (exact) mass is 265 g/mol. The van der Waals surface area contributed by atoms with E-state index in [2.05, 4.69) is 10.3 Å². The highest BCUT2D eigenvalue weighted by atomic mass is 16.5. The lowest BCUT2D eigenvalue weighted by Crippen LogP contribution is -1.96. The van der Waals surface area contributed by atoms with Crippen molar-refractivity contribution in [2.45, 2.75) is 0 Å². The molecule has 0 radical (unpaired) electrons. The maximum absolute atomic E-state index is 5.98. The molecule has 0 spiro atoms. The molecule has 0 aliphatic carbocycles. The van der Waals surface area contributed by atoms with Crippen LogP contribution >= 0.6 is 0 Å². The fourth-order valence-corrected chi connectivity index (χ4v) is 2.14. The van der Waals surface area contributed by atoms with Crippen LogP contribution in [0.5, 0.6) is 5.75 Å².